The third-order valence-electron chi connectivity index (χ3n) is 14.1. The van der Waals surface area contributed by atoms with Crippen LogP contribution >= 0.6 is 0 Å². The van der Waals surface area contributed by atoms with Crippen LogP contribution in [0.4, 0.5) is 0 Å². The lowest BCUT2D eigenvalue weighted by atomic mass is 9.94. The van der Waals surface area contributed by atoms with Crippen molar-refractivity contribution in [3.05, 3.63) is 267 Å². The van der Waals surface area contributed by atoms with E-state index in [9.17, 15) is 0 Å². The van der Waals surface area contributed by atoms with Gasteiger partial charge >= 0.3 is 0 Å². The molecule has 0 fully saturated rings. The molecule has 13 rings (SSSR count). The average Bonchev–Trinajstić information content (AvgIpc) is 3.92. The van der Waals surface area contributed by atoms with Gasteiger partial charge in [-0.25, -0.2) is 4.98 Å². The van der Waals surface area contributed by atoms with Gasteiger partial charge in [-0.2, -0.15) is 0 Å². The fourth-order valence-corrected chi connectivity index (χ4v) is 16.5. The minimum Gasteiger partial charge on any atom is -0.309 e. The molecular formula is C65H44N2Si. The zero-order chi connectivity index (χ0) is 45.0. The molecule has 12 aromatic rings. The highest BCUT2D eigenvalue weighted by molar-refractivity contribution is 7.22. The average molecular weight is 881 g/mol. The van der Waals surface area contributed by atoms with E-state index in [1.165, 1.54) is 70.4 Å². The number of hydrogen-bond donors (Lipinski definition) is 0. The summed E-state index contributed by atoms with van der Waals surface area (Å²) in [6.45, 7) is 0. The van der Waals surface area contributed by atoms with Crippen molar-refractivity contribution >= 4 is 50.6 Å². The molecule has 68 heavy (non-hydrogen) atoms. The third kappa shape index (κ3) is 6.35. The molecule has 3 heteroatoms. The van der Waals surface area contributed by atoms with Crippen molar-refractivity contribution in [2.24, 2.45) is 0 Å². The maximum Gasteiger partial charge on any atom is 0.181 e. The van der Waals surface area contributed by atoms with Gasteiger partial charge in [-0.1, -0.05) is 224 Å². The van der Waals surface area contributed by atoms with E-state index in [1.807, 2.05) is 0 Å². The summed E-state index contributed by atoms with van der Waals surface area (Å²) in [6.07, 6.45) is 0. The minimum absolute atomic E-state index is 0.948. The van der Waals surface area contributed by atoms with Crippen LogP contribution in [0, 0.1) is 0 Å². The standard InChI is InChI=1S/C65H44N2Si/c1-5-20-45(21-6-1)49-43-60(47-22-7-2-8-23-47)66-61(44-49)55-29-14-13-28-53(55)48-38-41-63-59(42-48)56-30-15-17-34-62(56)67(63)50-39-36-46(37-40-50)54-32-19-33-58-57-31-16-18-35-64(57)68(65(54)58,51-24-9-3-10-25-51)52-26-11-4-12-27-52/h1-44H. The van der Waals surface area contributed by atoms with E-state index in [0.29, 0.717) is 0 Å². The van der Waals surface area contributed by atoms with Crippen molar-refractivity contribution in [1.29, 1.82) is 0 Å². The number of benzene rings is 10. The van der Waals surface area contributed by atoms with Crippen molar-refractivity contribution in [3.8, 4) is 72.7 Å². The Balaban J connectivity index is 0.936. The maximum atomic E-state index is 5.34. The predicted octanol–water partition coefficient (Wildman–Crippen LogP) is 13.9. The second-order valence-electron chi connectivity index (χ2n) is 17.8. The molecule has 2 aromatic heterocycles. The van der Waals surface area contributed by atoms with E-state index < -0.39 is 8.07 Å². The normalized spacial score (nSPS) is 12.5. The second kappa shape index (κ2) is 16.4. The van der Waals surface area contributed by atoms with Crippen molar-refractivity contribution in [2.45, 2.75) is 0 Å². The lowest BCUT2D eigenvalue weighted by molar-refractivity contribution is 1.18. The lowest BCUT2D eigenvalue weighted by Crippen LogP contribution is -2.73. The highest BCUT2D eigenvalue weighted by atomic mass is 28.3. The Labute approximate surface area is 397 Å². The molecule has 0 bridgehead atoms. The number of para-hydroxylation sites is 1. The van der Waals surface area contributed by atoms with Crippen LogP contribution < -0.4 is 20.7 Å². The van der Waals surface area contributed by atoms with Crippen molar-refractivity contribution in [3.63, 3.8) is 0 Å². The Bertz CT molecular complexity index is 3720. The maximum absolute atomic E-state index is 5.34. The first-order chi connectivity index (χ1) is 33.7. The largest absolute Gasteiger partial charge is 0.309 e. The predicted molar refractivity (Wildman–Crippen MR) is 288 cm³/mol. The van der Waals surface area contributed by atoms with Gasteiger partial charge in [0.2, 0.25) is 0 Å². The quantitative estimate of drug-likeness (QED) is 0.139. The molecule has 1 aliphatic rings. The summed E-state index contributed by atoms with van der Waals surface area (Å²) in [7, 11) is -2.70. The molecule has 0 aliphatic carbocycles. The van der Waals surface area contributed by atoms with Gasteiger partial charge in [-0.15, -0.1) is 0 Å². The minimum atomic E-state index is -2.70. The van der Waals surface area contributed by atoms with Crippen LogP contribution in [0.2, 0.25) is 0 Å². The van der Waals surface area contributed by atoms with Crippen LogP contribution in [0.1, 0.15) is 0 Å². The zero-order valence-electron chi connectivity index (χ0n) is 37.3. The van der Waals surface area contributed by atoms with Gasteiger partial charge in [-0.05, 0) is 108 Å². The first kappa shape index (κ1) is 39.7. The van der Waals surface area contributed by atoms with E-state index in [1.54, 1.807) is 0 Å². The Morgan fingerprint density at radius 1 is 0.294 bits per heavy atom. The topological polar surface area (TPSA) is 17.8 Å². The number of hydrogen-bond acceptors (Lipinski definition) is 1. The summed E-state index contributed by atoms with van der Waals surface area (Å²) in [5.74, 6) is 0. The van der Waals surface area contributed by atoms with Crippen LogP contribution in [0.3, 0.4) is 0 Å². The Morgan fingerprint density at radius 3 is 1.54 bits per heavy atom. The van der Waals surface area contributed by atoms with Gasteiger partial charge in [0, 0.05) is 27.6 Å². The summed E-state index contributed by atoms with van der Waals surface area (Å²) in [6, 6.07) is 98.0. The van der Waals surface area contributed by atoms with Crippen LogP contribution in [-0.4, -0.2) is 17.6 Å². The number of nitrogens with zero attached hydrogens (tertiary/aromatic N) is 2. The fourth-order valence-electron chi connectivity index (χ4n) is 11.1. The molecule has 0 saturated heterocycles. The molecule has 1 aliphatic heterocycles. The molecule has 3 heterocycles. The molecule has 0 saturated carbocycles. The number of aromatic nitrogens is 2. The molecule has 0 N–H and O–H groups in total. The summed E-state index contributed by atoms with van der Waals surface area (Å²) >= 11 is 0. The van der Waals surface area contributed by atoms with Gasteiger partial charge in [0.1, 0.15) is 0 Å². The monoisotopic (exact) mass is 880 g/mol. The van der Waals surface area contributed by atoms with Gasteiger partial charge in [0.15, 0.2) is 8.07 Å². The van der Waals surface area contributed by atoms with Crippen LogP contribution in [0.5, 0.6) is 0 Å². The van der Waals surface area contributed by atoms with Gasteiger partial charge in [0.05, 0.1) is 22.4 Å². The summed E-state index contributed by atoms with van der Waals surface area (Å²) in [5, 5.41) is 8.17. The fraction of sp³-hybridized carbons (Fsp3) is 0. The number of fused-ring (bicyclic) bond motifs is 6. The van der Waals surface area contributed by atoms with Gasteiger partial charge in [0.25, 0.3) is 0 Å². The molecular weight excluding hydrogens is 837 g/mol. The Kier molecular flexibility index (Phi) is 9.55. The summed E-state index contributed by atoms with van der Waals surface area (Å²) < 4.78 is 2.43. The highest BCUT2D eigenvalue weighted by Gasteiger charge is 2.49. The summed E-state index contributed by atoms with van der Waals surface area (Å²) in [4.78, 5) is 5.34. The molecule has 0 radical (unpaired) electrons. The van der Waals surface area contributed by atoms with E-state index in [-0.39, 0.29) is 0 Å². The first-order valence-electron chi connectivity index (χ1n) is 23.5. The van der Waals surface area contributed by atoms with E-state index >= 15 is 0 Å². The van der Waals surface area contributed by atoms with Crippen molar-refractivity contribution < 1.29 is 0 Å². The van der Waals surface area contributed by atoms with Crippen molar-refractivity contribution in [2.75, 3.05) is 0 Å². The van der Waals surface area contributed by atoms with Gasteiger partial charge in [-0.3, -0.25) is 0 Å². The van der Waals surface area contributed by atoms with Crippen molar-refractivity contribution in [1.82, 2.24) is 9.55 Å². The lowest BCUT2D eigenvalue weighted by Gasteiger charge is -2.33. The van der Waals surface area contributed by atoms with E-state index in [2.05, 4.69) is 271 Å². The zero-order valence-corrected chi connectivity index (χ0v) is 38.3. The Morgan fingerprint density at radius 2 is 0.824 bits per heavy atom. The molecule has 0 atom stereocenters. The molecule has 2 nitrogen and oxygen atoms in total. The van der Waals surface area contributed by atoms with E-state index in [0.717, 1.165) is 44.9 Å². The first-order valence-corrected chi connectivity index (χ1v) is 25.5. The molecule has 0 amide bonds. The number of pyridine rings is 1. The Hall–Kier alpha value is -8.63. The van der Waals surface area contributed by atoms with Crippen LogP contribution in [-0.2, 0) is 0 Å². The van der Waals surface area contributed by atoms with Gasteiger partial charge < -0.3 is 4.57 Å². The number of rotatable bonds is 8. The van der Waals surface area contributed by atoms with Crippen LogP contribution in [0.15, 0.2) is 267 Å². The highest BCUT2D eigenvalue weighted by Crippen LogP contribution is 2.40. The van der Waals surface area contributed by atoms with E-state index in [4.69, 9.17) is 4.98 Å². The molecule has 318 valence electrons. The SMILES string of the molecule is c1ccc(-c2cc(-c3ccccc3)nc(-c3ccccc3-c3ccc4c(c3)c3ccccc3n4-c3ccc(-c4cccc5c4[Si](c4ccccc4)(c4ccccc4)c4ccccc4-5)cc3)c2)cc1. The summed E-state index contributed by atoms with van der Waals surface area (Å²) in [5.41, 5.74) is 17.4. The third-order valence-corrected chi connectivity index (χ3v) is 19.0. The molecule has 0 unspecified atom stereocenters. The molecule has 10 aromatic carbocycles. The van der Waals surface area contributed by atoms with Crippen LogP contribution in [0.25, 0.3) is 94.5 Å². The molecule has 0 spiro atoms. The second-order valence-corrected chi connectivity index (χ2v) is 21.5. The smallest absolute Gasteiger partial charge is 0.181 e.